The second-order valence-electron chi connectivity index (χ2n) is 35.3. The van der Waals surface area contributed by atoms with E-state index in [2.05, 4.69) is 346 Å². The highest BCUT2D eigenvalue weighted by molar-refractivity contribution is 6.18. The zero-order valence-corrected chi connectivity index (χ0v) is 73.2. The number of para-hydroxylation sites is 5. The first-order valence-electron chi connectivity index (χ1n) is 44.4. The summed E-state index contributed by atoms with van der Waals surface area (Å²) in [5, 5.41) is 79.2. The zero-order chi connectivity index (χ0) is 90.9. The van der Waals surface area contributed by atoms with Crippen LogP contribution in [0.4, 0.5) is 0 Å². The lowest BCUT2D eigenvalue weighted by atomic mass is 9.82. The maximum Gasteiger partial charge on any atom is 0.0991 e. The molecule has 18 aromatic carbocycles. The second kappa shape index (κ2) is 31.3. The minimum atomic E-state index is -0.0331. The summed E-state index contributed by atoms with van der Waals surface area (Å²) in [5.41, 5.74) is 34.4. The fourth-order valence-electron chi connectivity index (χ4n) is 21.3. The molecule has 0 amide bonds. The van der Waals surface area contributed by atoms with E-state index in [1.165, 1.54) is 66.1 Å². The van der Waals surface area contributed by atoms with Gasteiger partial charge >= 0.3 is 0 Å². The molecule has 6 heterocycles. The van der Waals surface area contributed by atoms with Gasteiger partial charge in [-0.2, -0.15) is 36.8 Å². The number of hydrogen-bond acceptors (Lipinski definition) is 7. The smallest absolute Gasteiger partial charge is 0.0991 e. The standard InChI is InChI=1S/2C32H18N4.C29H19N3.C28H20N2/c33-19-21-13-15-28-25(17-21)26-18-22(20-34)14-16-29(26)36(28)31-12-6-11-30-32(31)24-9-4-5-10-27(24)35(30)23-7-2-1-3-8-23;33-19-21-10-14-30-27(16-21)28-17-22(20-34)11-15-31(28)36(30)24-12-13-26-25-8-4-5-9-29(25)35(32(26)18-24)23-6-2-1-3-7-23;1-29(2)25-6-4-3-5-21(25)22-15-20(9-10-26(22)29)32-27-11-7-18(16-30)13-23(27)24-14-19(17-31)8-12-28(24)32;1-28(2)24-9-5-3-7-20(24)22-16-19(12-13-25(22)28)30-26-10-6-4-8-21(26)23-15-18(17-29)11-14-27(23)30/h2*1-18H;3-15H,1-2H3;3-16H,1-2H3. The van der Waals surface area contributed by atoms with Gasteiger partial charge < -0.3 is 27.4 Å². The highest BCUT2D eigenvalue weighted by atomic mass is 15.0. The Morgan fingerprint density at radius 2 is 0.433 bits per heavy atom. The van der Waals surface area contributed by atoms with Crippen LogP contribution in [0.15, 0.2) is 382 Å². The SMILES string of the molecule is CC1(C)c2ccccc2-c2cc(-n3c4ccc(C#N)cc4c4cc(C#N)ccc43)ccc21.CC1(C)c2ccccc2-c2cc(-n3c4ccccc4c4cc(C#N)ccc43)ccc21.N#Cc1ccc2c(c1)c1cc(C#N)ccc1n2-c1ccc2c3ccccc3n(-c3ccccc3)c2c1.N#Cc1ccc2c(c1)c1cc(C#N)ccc1n2-c1cccc2c1c1ccccc1n2-c1ccccc1. The highest BCUT2D eigenvalue weighted by Crippen LogP contribution is 2.53. The second-order valence-corrected chi connectivity index (χ2v) is 35.3. The van der Waals surface area contributed by atoms with Gasteiger partial charge in [-0.05, 0) is 263 Å². The first-order chi connectivity index (χ1) is 65.7. The molecule has 2 aliphatic rings. The summed E-state index contributed by atoms with van der Waals surface area (Å²) in [5.74, 6) is 0. The Morgan fingerprint density at radius 1 is 0.172 bits per heavy atom. The molecule has 2 aliphatic carbocycles. The summed E-state index contributed by atoms with van der Waals surface area (Å²) in [6.45, 7) is 9.18. The summed E-state index contributed by atoms with van der Waals surface area (Å²) in [7, 11) is 0. The Labute approximate surface area is 770 Å². The average molecular weight is 1710 g/mol. The maximum atomic E-state index is 9.55. The molecule has 134 heavy (non-hydrogen) atoms. The molecule has 0 bridgehead atoms. The van der Waals surface area contributed by atoms with Crippen molar-refractivity contribution in [3.8, 4) is 98.9 Å². The van der Waals surface area contributed by atoms with Crippen molar-refractivity contribution in [2.24, 2.45) is 0 Å². The maximum absolute atomic E-state index is 9.55. The van der Waals surface area contributed by atoms with Gasteiger partial charge in [0.15, 0.2) is 0 Å². The molecule has 13 nitrogen and oxygen atoms in total. The molecule has 624 valence electrons. The average Bonchev–Trinajstić information content (AvgIpc) is 1.53. The normalized spacial score (nSPS) is 12.4. The van der Waals surface area contributed by atoms with Gasteiger partial charge in [0, 0.05) is 104 Å². The summed E-state index contributed by atoms with van der Waals surface area (Å²) in [6, 6.07) is 147. The van der Waals surface area contributed by atoms with Crippen LogP contribution in [-0.2, 0) is 10.8 Å². The van der Waals surface area contributed by atoms with Crippen LogP contribution in [-0.4, -0.2) is 27.4 Å². The quantitative estimate of drug-likeness (QED) is 0.158. The van der Waals surface area contributed by atoms with Crippen LogP contribution in [0.3, 0.4) is 0 Å². The van der Waals surface area contributed by atoms with E-state index in [0.717, 1.165) is 143 Å². The van der Waals surface area contributed by atoms with Crippen molar-refractivity contribution in [3.05, 3.63) is 443 Å². The van der Waals surface area contributed by atoms with Gasteiger partial charge in [-0.1, -0.05) is 191 Å². The van der Waals surface area contributed by atoms with Crippen LogP contribution in [0, 0.1) is 79.3 Å². The molecule has 24 aromatic rings. The first kappa shape index (κ1) is 79.8. The van der Waals surface area contributed by atoms with E-state index in [0.29, 0.717) is 38.9 Å². The lowest BCUT2D eigenvalue weighted by Gasteiger charge is -2.21. The topological polar surface area (TPSA) is 196 Å². The summed E-state index contributed by atoms with van der Waals surface area (Å²) < 4.78 is 13.7. The number of benzene rings is 18. The van der Waals surface area contributed by atoms with Crippen LogP contribution >= 0.6 is 0 Å². The molecular weight excluding hydrogens is 1640 g/mol. The fourth-order valence-corrected chi connectivity index (χ4v) is 21.3. The van der Waals surface area contributed by atoms with Crippen LogP contribution < -0.4 is 0 Å². The zero-order valence-electron chi connectivity index (χ0n) is 73.2. The number of aromatic nitrogens is 6. The van der Waals surface area contributed by atoms with Crippen LogP contribution in [0.5, 0.6) is 0 Å². The molecule has 6 aromatic heterocycles. The Kier molecular flexibility index (Phi) is 18.6. The molecule has 0 aliphatic heterocycles. The van der Waals surface area contributed by atoms with E-state index in [-0.39, 0.29) is 10.8 Å². The Hall–Kier alpha value is -18.8. The number of fused-ring (bicyclic) bond motifs is 24. The van der Waals surface area contributed by atoms with E-state index in [1.807, 2.05) is 133 Å². The Balaban J connectivity index is 0.000000101. The van der Waals surface area contributed by atoms with Crippen molar-refractivity contribution in [1.29, 1.82) is 36.8 Å². The third kappa shape index (κ3) is 12.5. The predicted molar refractivity (Wildman–Crippen MR) is 540 cm³/mol. The minimum Gasteiger partial charge on any atom is -0.309 e. The largest absolute Gasteiger partial charge is 0.309 e. The number of hydrogen-bond donors (Lipinski definition) is 0. The molecule has 0 atom stereocenters. The van der Waals surface area contributed by atoms with Crippen LogP contribution in [0.2, 0.25) is 0 Å². The summed E-state index contributed by atoms with van der Waals surface area (Å²) in [4.78, 5) is 0. The van der Waals surface area contributed by atoms with Crippen molar-refractivity contribution in [1.82, 2.24) is 27.4 Å². The molecule has 0 saturated carbocycles. The van der Waals surface area contributed by atoms with Crippen molar-refractivity contribution >= 4 is 131 Å². The van der Waals surface area contributed by atoms with E-state index in [4.69, 9.17) is 0 Å². The Morgan fingerprint density at radius 3 is 0.813 bits per heavy atom. The van der Waals surface area contributed by atoms with Gasteiger partial charge in [0.05, 0.1) is 153 Å². The minimum absolute atomic E-state index is 0.00692. The lowest BCUT2D eigenvalue weighted by Crippen LogP contribution is -2.14. The fraction of sp³-hybridized carbons (Fsp3) is 0.0496. The van der Waals surface area contributed by atoms with E-state index >= 15 is 0 Å². The van der Waals surface area contributed by atoms with Crippen molar-refractivity contribution in [2.45, 2.75) is 38.5 Å². The number of nitriles is 7. The molecular formula is C121H75N13. The van der Waals surface area contributed by atoms with Gasteiger partial charge in [-0.15, -0.1) is 0 Å². The summed E-state index contributed by atoms with van der Waals surface area (Å²) in [6.07, 6.45) is 0. The molecule has 0 N–H and O–H groups in total. The van der Waals surface area contributed by atoms with Crippen molar-refractivity contribution in [3.63, 3.8) is 0 Å². The lowest BCUT2D eigenvalue weighted by molar-refractivity contribution is 0.660. The summed E-state index contributed by atoms with van der Waals surface area (Å²) >= 11 is 0. The number of nitrogens with zero attached hydrogens (tertiary/aromatic N) is 13. The van der Waals surface area contributed by atoms with E-state index < -0.39 is 0 Å². The third-order valence-electron chi connectivity index (χ3n) is 27.4. The molecule has 13 heteroatoms. The monoisotopic (exact) mass is 1710 g/mol. The van der Waals surface area contributed by atoms with Gasteiger partial charge in [0.2, 0.25) is 0 Å². The Bertz CT molecular complexity index is 9240. The van der Waals surface area contributed by atoms with Crippen molar-refractivity contribution < 1.29 is 0 Å². The van der Waals surface area contributed by atoms with E-state index in [1.54, 1.807) is 0 Å². The van der Waals surface area contributed by atoms with Gasteiger partial charge in [-0.3, -0.25) is 0 Å². The van der Waals surface area contributed by atoms with Crippen LogP contribution in [0.25, 0.3) is 187 Å². The molecule has 0 unspecified atom stereocenters. The molecule has 0 saturated heterocycles. The highest BCUT2D eigenvalue weighted by Gasteiger charge is 2.37. The van der Waals surface area contributed by atoms with Gasteiger partial charge in [-0.25, -0.2) is 0 Å². The van der Waals surface area contributed by atoms with Gasteiger partial charge in [0.1, 0.15) is 0 Å². The van der Waals surface area contributed by atoms with Crippen LogP contribution in [0.1, 0.15) is 88.9 Å². The first-order valence-corrected chi connectivity index (χ1v) is 44.4. The van der Waals surface area contributed by atoms with Crippen molar-refractivity contribution in [2.75, 3.05) is 0 Å². The third-order valence-corrected chi connectivity index (χ3v) is 27.4. The molecule has 0 radical (unpaired) electrons. The molecule has 0 spiro atoms. The molecule has 0 fully saturated rings. The predicted octanol–water partition coefficient (Wildman–Crippen LogP) is 29.0. The number of rotatable bonds is 6. The van der Waals surface area contributed by atoms with E-state index in [9.17, 15) is 36.8 Å². The van der Waals surface area contributed by atoms with Gasteiger partial charge in [0.25, 0.3) is 0 Å². The molecule has 26 rings (SSSR count).